The van der Waals surface area contributed by atoms with Crippen LogP contribution in [0.15, 0.2) is 24.8 Å². The molecule has 6 nitrogen and oxygen atoms in total. The molecular weight excluding hydrogens is 254 g/mol. The highest BCUT2D eigenvalue weighted by molar-refractivity contribution is 5.53. The van der Waals surface area contributed by atoms with Crippen LogP contribution in [0.1, 0.15) is 24.6 Å². The summed E-state index contributed by atoms with van der Waals surface area (Å²) >= 11 is 0. The van der Waals surface area contributed by atoms with Crippen LogP contribution in [0.5, 0.6) is 5.75 Å². The van der Waals surface area contributed by atoms with E-state index >= 15 is 0 Å². The third-order valence-corrected chi connectivity index (χ3v) is 3.82. The Morgan fingerprint density at radius 2 is 1.85 bits per heavy atom. The minimum atomic E-state index is 0.483. The molecule has 2 aromatic rings. The van der Waals surface area contributed by atoms with Crippen LogP contribution in [0, 0.1) is 6.92 Å². The number of rotatable bonds is 3. The predicted molar refractivity (Wildman–Crippen MR) is 76.0 cm³/mol. The zero-order valence-corrected chi connectivity index (χ0v) is 11.9. The van der Waals surface area contributed by atoms with E-state index in [-0.39, 0.29) is 0 Å². The van der Waals surface area contributed by atoms with E-state index in [1.165, 1.54) is 0 Å². The summed E-state index contributed by atoms with van der Waals surface area (Å²) < 4.78 is 7.52. The van der Waals surface area contributed by atoms with Gasteiger partial charge >= 0.3 is 0 Å². The maximum atomic E-state index is 5.42. The number of aryl methyl sites for hydroxylation is 1. The Hall–Kier alpha value is -2.11. The van der Waals surface area contributed by atoms with Gasteiger partial charge in [0, 0.05) is 24.8 Å². The molecule has 1 saturated heterocycles. The third kappa shape index (κ3) is 2.45. The van der Waals surface area contributed by atoms with Crippen LogP contribution in [0.4, 0.5) is 5.82 Å². The van der Waals surface area contributed by atoms with Crippen molar-refractivity contribution in [2.75, 3.05) is 25.1 Å². The molecule has 0 saturated carbocycles. The Bertz CT molecular complexity index is 561. The van der Waals surface area contributed by atoms with E-state index < -0.39 is 0 Å². The summed E-state index contributed by atoms with van der Waals surface area (Å²) in [5.41, 5.74) is 1.02. The summed E-state index contributed by atoms with van der Waals surface area (Å²) in [4.78, 5) is 6.92. The summed E-state index contributed by atoms with van der Waals surface area (Å²) in [6.07, 6.45) is 5.73. The van der Waals surface area contributed by atoms with Gasteiger partial charge in [-0.25, -0.2) is 4.98 Å². The molecule has 20 heavy (non-hydrogen) atoms. The van der Waals surface area contributed by atoms with Crippen LogP contribution in [-0.2, 0) is 0 Å². The van der Waals surface area contributed by atoms with E-state index in [4.69, 9.17) is 4.74 Å². The van der Waals surface area contributed by atoms with E-state index in [2.05, 4.69) is 24.6 Å². The highest BCUT2D eigenvalue weighted by Crippen LogP contribution is 2.31. The van der Waals surface area contributed by atoms with Crippen LogP contribution in [0.3, 0.4) is 0 Å². The standard InChI is InChI=1S/C14H19N5O/c1-11-3-4-13(20-2)14(17-11)18-7-5-12(6-8-18)19-9-15-16-10-19/h3-4,9-10,12H,5-8H2,1-2H3. The van der Waals surface area contributed by atoms with Crippen LogP contribution >= 0.6 is 0 Å². The van der Waals surface area contributed by atoms with E-state index in [1.54, 1.807) is 19.8 Å². The molecule has 3 rings (SSSR count). The number of methoxy groups -OCH3 is 1. The van der Waals surface area contributed by atoms with Crippen molar-refractivity contribution in [2.24, 2.45) is 0 Å². The predicted octanol–water partition coefficient (Wildman–Crippen LogP) is 1.83. The number of pyridine rings is 1. The molecule has 6 heteroatoms. The average molecular weight is 273 g/mol. The number of anilines is 1. The molecule has 0 aromatic carbocycles. The fraction of sp³-hybridized carbons (Fsp3) is 0.500. The molecule has 1 aliphatic rings. The lowest BCUT2D eigenvalue weighted by molar-refractivity contribution is 0.382. The quantitative estimate of drug-likeness (QED) is 0.854. The Labute approximate surface area is 118 Å². The highest BCUT2D eigenvalue weighted by Gasteiger charge is 2.23. The Morgan fingerprint density at radius 1 is 1.15 bits per heavy atom. The molecule has 0 N–H and O–H groups in total. The van der Waals surface area contributed by atoms with E-state index in [9.17, 15) is 0 Å². The van der Waals surface area contributed by atoms with Crippen molar-refractivity contribution in [3.8, 4) is 5.75 Å². The zero-order chi connectivity index (χ0) is 13.9. The van der Waals surface area contributed by atoms with Gasteiger partial charge in [-0.1, -0.05) is 0 Å². The first-order chi connectivity index (χ1) is 9.78. The van der Waals surface area contributed by atoms with Crippen molar-refractivity contribution in [3.63, 3.8) is 0 Å². The average Bonchev–Trinajstić information content (AvgIpc) is 3.02. The van der Waals surface area contributed by atoms with Crippen molar-refractivity contribution in [1.82, 2.24) is 19.7 Å². The number of hydrogen-bond acceptors (Lipinski definition) is 5. The summed E-state index contributed by atoms with van der Waals surface area (Å²) in [5, 5.41) is 7.76. The highest BCUT2D eigenvalue weighted by atomic mass is 16.5. The first-order valence-corrected chi connectivity index (χ1v) is 6.88. The lowest BCUT2D eigenvalue weighted by Crippen LogP contribution is -2.35. The minimum Gasteiger partial charge on any atom is -0.493 e. The van der Waals surface area contributed by atoms with Gasteiger partial charge in [-0.3, -0.25) is 0 Å². The molecule has 2 aromatic heterocycles. The van der Waals surface area contributed by atoms with Gasteiger partial charge in [0.15, 0.2) is 11.6 Å². The van der Waals surface area contributed by atoms with Crippen molar-refractivity contribution in [2.45, 2.75) is 25.8 Å². The number of aromatic nitrogens is 4. The van der Waals surface area contributed by atoms with Crippen LogP contribution < -0.4 is 9.64 Å². The number of hydrogen-bond donors (Lipinski definition) is 0. The summed E-state index contributed by atoms with van der Waals surface area (Å²) in [6.45, 7) is 3.94. The van der Waals surface area contributed by atoms with Crippen LogP contribution in [0.2, 0.25) is 0 Å². The summed E-state index contributed by atoms with van der Waals surface area (Å²) in [5.74, 6) is 1.80. The normalized spacial score (nSPS) is 16.4. The van der Waals surface area contributed by atoms with Gasteiger partial charge in [-0.05, 0) is 31.9 Å². The molecule has 106 valence electrons. The van der Waals surface area contributed by atoms with Gasteiger partial charge in [0.05, 0.1) is 7.11 Å². The Balaban J connectivity index is 1.73. The molecule has 3 heterocycles. The molecule has 1 fully saturated rings. The molecular formula is C14H19N5O. The lowest BCUT2D eigenvalue weighted by atomic mass is 10.0. The second kappa shape index (κ2) is 5.48. The fourth-order valence-corrected chi connectivity index (χ4v) is 2.69. The fourth-order valence-electron chi connectivity index (χ4n) is 2.69. The number of ether oxygens (including phenoxy) is 1. The second-order valence-electron chi connectivity index (χ2n) is 5.11. The SMILES string of the molecule is COc1ccc(C)nc1N1CCC(n2cnnc2)CC1. The van der Waals surface area contributed by atoms with Crippen LogP contribution in [0.25, 0.3) is 0 Å². The monoisotopic (exact) mass is 273 g/mol. The lowest BCUT2D eigenvalue weighted by Gasteiger charge is -2.33. The largest absolute Gasteiger partial charge is 0.493 e. The zero-order valence-electron chi connectivity index (χ0n) is 11.9. The van der Waals surface area contributed by atoms with Gasteiger partial charge in [0.25, 0.3) is 0 Å². The maximum Gasteiger partial charge on any atom is 0.171 e. The molecule has 0 amide bonds. The molecule has 0 spiro atoms. The van der Waals surface area contributed by atoms with E-state index in [1.807, 2.05) is 19.1 Å². The number of piperidine rings is 1. The Morgan fingerprint density at radius 3 is 2.50 bits per heavy atom. The van der Waals surface area contributed by atoms with Crippen molar-refractivity contribution >= 4 is 5.82 Å². The smallest absolute Gasteiger partial charge is 0.171 e. The maximum absolute atomic E-state index is 5.42. The first-order valence-electron chi connectivity index (χ1n) is 6.88. The van der Waals surface area contributed by atoms with Gasteiger partial charge in [-0.15, -0.1) is 10.2 Å². The van der Waals surface area contributed by atoms with E-state index in [0.717, 1.165) is 43.2 Å². The molecule has 0 unspecified atom stereocenters. The van der Waals surface area contributed by atoms with Gasteiger partial charge in [0.1, 0.15) is 12.7 Å². The topological polar surface area (TPSA) is 56.1 Å². The second-order valence-corrected chi connectivity index (χ2v) is 5.11. The van der Waals surface area contributed by atoms with Crippen molar-refractivity contribution < 1.29 is 4.74 Å². The van der Waals surface area contributed by atoms with E-state index in [0.29, 0.717) is 6.04 Å². The van der Waals surface area contributed by atoms with Crippen molar-refractivity contribution in [3.05, 3.63) is 30.5 Å². The van der Waals surface area contributed by atoms with Gasteiger partial charge < -0.3 is 14.2 Å². The summed E-state index contributed by atoms with van der Waals surface area (Å²) in [6, 6.07) is 4.45. The molecule has 0 atom stereocenters. The minimum absolute atomic E-state index is 0.483. The third-order valence-electron chi connectivity index (χ3n) is 3.82. The first kappa shape index (κ1) is 12.9. The number of nitrogens with zero attached hydrogens (tertiary/aromatic N) is 5. The Kier molecular flexibility index (Phi) is 3.54. The van der Waals surface area contributed by atoms with Crippen molar-refractivity contribution in [1.29, 1.82) is 0 Å². The molecule has 0 bridgehead atoms. The molecule has 0 aliphatic carbocycles. The van der Waals surface area contributed by atoms with Gasteiger partial charge in [-0.2, -0.15) is 0 Å². The van der Waals surface area contributed by atoms with Gasteiger partial charge in [0.2, 0.25) is 0 Å². The molecule has 1 aliphatic heterocycles. The summed E-state index contributed by atoms with van der Waals surface area (Å²) in [7, 11) is 1.69. The molecule has 0 radical (unpaired) electrons. The van der Waals surface area contributed by atoms with Crippen LogP contribution in [-0.4, -0.2) is 39.9 Å².